The van der Waals surface area contributed by atoms with Gasteiger partial charge < -0.3 is 24.4 Å². The van der Waals surface area contributed by atoms with Gasteiger partial charge in [0.1, 0.15) is 6.10 Å². The SMILES string of the molecule is COC(=O)C1CCC(OC(=O)c2ccc(C(O)OC3CCC(C(=O)O)CC3)cc2)CC1. The molecule has 2 aliphatic rings. The number of carboxylic acids is 1. The van der Waals surface area contributed by atoms with Crippen LogP contribution in [0.4, 0.5) is 0 Å². The molecule has 31 heavy (non-hydrogen) atoms. The van der Waals surface area contributed by atoms with Crippen LogP contribution >= 0.6 is 0 Å². The normalized spacial score (nSPS) is 27.2. The van der Waals surface area contributed by atoms with E-state index in [1.54, 1.807) is 24.3 Å². The molecule has 0 bridgehead atoms. The summed E-state index contributed by atoms with van der Waals surface area (Å²) in [6.07, 6.45) is 3.26. The standard InChI is InChI=1S/C23H30O8/c1-29-21(26)15-8-12-19(13-9-15)31-23(28)17-4-2-16(3-5-17)22(27)30-18-10-6-14(7-11-18)20(24)25/h2-5,14-15,18-19,22,27H,6-13H2,1H3,(H,24,25). The van der Waals surface area contributed by atoms with Crippen LogP contribution in [-0.4, -0.2) is 47.4 Å². The van der Waals surface area contributed by atoms with Crippen LogP contribution in [0.1, 0.15) is 73.6 Å². The van der Waals surface area contributed by atoms with Crippen molar-refractivity contribution in [2.45, 2.75) is 69.9 Å². The fourth-order valence-corrected chi connectivity index (χ4v) is 4.29. The molecular formula is C23H30O8. The minimum atomic E-state index is -1.13. The fourth-order valence-electron chi connectivity index (χ4n) is 4.29. The topological polar surface area (TPSA) is 119 Å². The second-order valence-corrected chi connectivity index (χ2v) is 8.32. The first-order valence-electron chi connectivity index (χ1n) is 10.8. The highest BCUT2D eigenvalue weighted by atomic mass is 16.6. The number of aliphatic hydroxyl groups excluding tert-OH is 1. The summed E-state index contributed by atoms with van der Waals surface area (Å²) in [5, 5.41) is 19.4. The van der Waals surface area contributed by atoms with Gasteiger partial charge in [-0.15, -0.1) is 0 Å². The Morgan fingerprint density at radius 1 is 0.871 bits per heavy atom. The third-order valence-corrected chi connectivity index (χ3v) is 6.26. The molecule has 3 rings (SSSR count). The average Bonchev–Trinajstić information content (AvgIpc) is 2.79. The molecule has 1 aromatic carbocycles. The lowest BCUT2D eigenvalue weighted by Gasteiger charge is -2.28. The Morgan fingerprint density at radius 3 is 1.97 bits per heavy atom. The predicted octanol–water partition coefficient (Wildman–Crippen LogP) is 3.23. The number of aliphatic hydroxyl groups is 1. The smallest absolute Gasteiger partial charge is 0.338 e. The summed E-state index contributed by atoms with van der Waals surface area (Å²) in [6, 6.07) is 6.42. The molecule has 2 saturated carbocycles. The number of carbonyl (C=O) groups excluding carboxylic acids is 2. The lowest BCUT2D eigenvalue weighted by molar-refractivity contribution is -0.157. The zero-order chi connectivity index (χ0) is 22.4. The highest BCUT2D eigenvalue weighted by Gasteiger charge is 2.30. The molecule has 1 atom stereocenters. The van der Waals surface area contributed by atoms with Crippen LogP contribution in [0.2, 0.25) is 0 Å². The minimum Gasteiger partial charge on any atom is -0.481 e. The van der Waals surface area contributed by atoms with Crippen LogP contribution in [0, 0.1) is 11.8 Å². The highest BCUT2D eigenvalue weighted by molar-refractivity contribution is 5.89. The first-order valence-corrected chi connectivity index (χ1v) is 10.8. The summed E-state index contributed by atoms with van der Waals surface area (Å²) in [5.41, 5.74) is 0.906. The van der Waals surface area contributed by atoms with Gasteiger partial charge in [0.25, 0.3) is 0 Å². The number of benzene rings is 1. The van der Waals surface area contributed by atoms with Crippen molar-refractivity contribution >= 4 is 17.9 Å². The molecule has 2 aliphatic carbocycles. The maximum atomic E-state index is 12.4. The van der Waals surface area contributed by atoms with Crippen molar-refractivity contribution in [1.29, 1.82) is 0 Å². The maximum absolute atomic E-state index is 12.4. The highest BCUT2D eigenvalue weighted by Crippen LogP contribution is 2.30. The minimum absolute atomic E-state index is 0.125. The fraction of sp³-hybridized carbons (Fsp3) is 0.609. The Morgan fingerprint density at radius 2 is 1.42 bits per heavy atom. The van der Waals surface area contributed by atoms with Gasteiger partial charge in [0, 0.05) is 5.56 Å². The van der Waals surface area contributed by atoms with E-state index in [-0.39, 0.29) is 30.0 Å². The average molecular weight is 434 g/mol. The van der Waals surface area contributed by atoms with Crippen LogP contribution in [0.25, 0.3) is 0 Å². The third-order valence-electron chi connectivity index (χ3n) is 6.26. The Labute approximate surface area is 181 Å². The first kappa shape index (κ1) is 23.2. The quantitative estimate of drug-likeness (QED) is 0.496. The van der Waals surface area contributed by atoms with Gasteiger partial charge in [0.15, 0.2) is 6.29 Å². The van der Waals surface area contributed by atoms with E-state index in [1.807, 2.05) is 0 Å². The molecule has 0 aliphatic heterocycles. The van der Waals surface area contributed by atoms with E-state index in [0.717, 1.165) is 0 Å². The summed E-state index contributed by atoms with van der Waals surface area (Å²) < 4.78 is 16.0. The summed E-state index contributed by atoms with van der Waals surface area (Å²) in [6.45, 7) is 0. The second-order valence-electron chi connectivity index (χ2n) is 8.32. The van der Waals surface area contributed by atoms with Crippen LogP contribution < -0.4 is 0 Å². The van der Waals surface area contributed by atoms with Gasteiger partial charge in [-0.1, -0.05) is 12.1 Å². The number of carbonyl (C=O) groups is 3. The number of rotatable bonds is 7. The van der Waals surface area contributed by atoms with Gasteiger partial charge in [0.05, 0.1) is 30.6 Å². The summed E-state index contributed by atoms with van der Waals surface area (Å²) in [4.78, 5) is 35.0. The van der Waals surface area contributed by atoms with Gasteiger partial charge in [0.2, 0.25) is 0 Å². The molecule has 0 amide bonds. The van der Waals surface area contributed by atoms with Crippen LogP contribution in [0.3, 0.4) is 0 Å². The lowest BCUT2D eigenvalue weighted by Crippen LogP contribution is -2.28. The lowest BCUT2D eigenvalue weighted by atomic mass is 9.87. The van der Waals surface area contributed by atoms with E-state index < -0.39 is 18.2 Å². The molecular weight excluding hydrogens is 404 g/mol. The van der Waals surface area contributed by atoms with Crippen molar-refractivity contribution in [3.63, 3.8) is 0 Å². The van der Waals surface area contributed by atoms with Crippen molar-refractivity contribution in [3.8, 4) is 0 Å². The maximum Gasteiger partial charge on any atom is 0.338 e. The Balaban J connectivity index is 1.45. The van der Waals surface area contributed by atoms with Crippen molar-refractivity contribution in [3.05, 3.63) is 35.4 Å². The Hall–Kier alpha value is -2.45. The van der Waals surface area contributed by atoms with Crippen molar-refractivity contribution < 1.29 is 38.8 Å². The molecule has 0 heterocycles. The van der Waals surface area contributed by atoms with Gasteiger partial charge in [-0.2, -0.15) is 0 Å². The largest absolute Gasteiger partial charge is 0.481 e. The molecule has 0 saturated heterocycles. The van der Waals surface area contributed by atoms with E-state index in [4.69, 9.17) is 19.3 Å². The molecule has 8 heteroatoms. The molecule has 0 aromatic heterocycles. The number of ether oxygens (including phenoxy) is 3. The van der Waals surface area contributed by atoms with Crippen LogP contribution in [-0.2, 0) is 23.8 Å². The van der Waals surface area contributed by atoms with Gasteiger partial charge in [-0.3, -0.25) is 9.59 Å². The summed E-state index contributed by atoms with van der Waals surface area (Å²) in [7, 11) is 1.38. The number of hydrogen-bond acceptors (Lipinski definition) is 7. The van der Waals surface area contributed by atoms with Crippen molar-refractivity contribution in [2.24, 2.45) is 11.8 Å². The molecule has 2 fully saturated rings. The van der Waals surface area contributed by atoms with Crippen molar-refractivity contribution in [2.75, 3.05) is 7.11 Å². The molecule has 1 aromatic rings. The number of aliphatic carboxylic acids is 1. The van der Waals surface area contributed by atoms with Gasteiger partial charge in [-0.05, 0) is 63.5 Å². The number of methoxy groups -OCH3 is 1. The summed E-state index contributed by atoms with van der Waals surface area (Å²) >= 11 is 0. The van der Waals surface area contributed by atoms with E-state index in [2.05, 4.69) is 0 Å². The van der Waals surface area contributed by atoms with Gasteiger partial charge in [-0.25, -0.2) is 4.79 Å². The van der Waals surface area contributed by atoms with E-state index >= 15 is 0 Å². The predicted molar refractivity (Wildman–Crippen MR) is 109 cm³/mol. The molecule has 2 N–H and O–H groups in total. The van der Waals surface area contributed by atoms with E-state index in [9.17, 15) is 19.5 Å². The summed E-state index contributed by atoms with van der Waals surface area (Å²) in [5.74, 6) is -1.89. The van der Waals surface area contributed by atoms with E-state index in [1.165, 1.54) is 7.11 Å². The number of carboxylic acid groups (broad SMARTS) is 1. The van der Waals surface area contributed by atoms with Crippen LogP contribution in [0.15, 0.2) is 24.3 Å². The molecule has 0 spiro atoms. The molecule has 170 valence electrons. The molecule has 1 unspecified atom stereocenters. The zero-order valence-electron chi connectivity index (χ0n) is 17.7. The monoisotopic (exact) mass is 434 g/mol. The second kappa shape index (κ2) is 10.7. The Kier molecular flexibility index (Phi) is 8.03. The molecule has 8 nitrogen and oxygen atoms in total. The Bertz CT molecular complexity index is 758. The van der Waals surface area contributed by atoms with Gasteiger partial charge >= 0.3 is 17.9 Å². The molecule has 0 radical (unpaired) electrons. The zero-order valence-corrected chi connectivity index (χ0v) is 17.7. The first-order chi connectivity index (χ1) is 14.9. The third kappa shape index (κ3) is 6.27. The van der Waals surface area contributed by atoms with Crippen molar-refractivity contribution in [1.82, 2.24) is 0 Å². The number of esters is 2. The number of hydrogen-bond donors (Lipinski definition) is 2. The van der Waals surface area contributed by atoms with Crippen LogP contribution in [0.5, 0.6) is 0 Å². The van der Waals surface area contributed by atoms with E-state index in [0.29, 0.717) is 62.5 Å².